The fraction of sp³-hybridized carbons (Fsp3) is 0.0435. The first-order valence-corrected chi connectivity index (χ1v) is 11.6. The van der Waals surface area contributed by atoms with Gasteiger partial charge in [-0.2, -0.15) is 0 Å². The normalized spacial score (nSPS) is 12.5. The number of nitrogens with one attached hydrogen (secondary N) is 1. The molecule has 4 aromatic rings. The van der Waals surface area contributed by atoms with E-state index < -0.39 is 12.9 Å². The maximum absolute atomic E-state index is 14.8. The summed E-state index contributed by atoms with van der Waals surface area (Å²) in [6, 6.07) is 27.8. The van der Waals surface area contributed by atoms with Gasteiger partial charge in [0.05, 0.1) is 16.3 Å². The Labute approximate surface area is 179 Å². The van der Waals surface area contributed by atoms with Crippen molar-refractivity contribution in [1.29, 1.82) is 0 Å². The summed E-state index contributed by atoms with van der Waals surface area (Å²) in [5.74, 6) is -0.0494. The van der Waals surface area contributed by atoms with Gasteiger partial charge >= 0.3 is 0 Å². The Balaban J connectivity index is 1.90. The van der Waals surface area contributed by atoms with Crippen molar-refractivity contribution in [3.05, 3.63) is 113 Å². The lowest BCUT2D eigenvalue weighted by molar-refractivity contribution is 0.504. The molecule has 0 aliphatic heterocycles. The van der Waals surface area contributed by atoms with Gasteiger partial charge in [0, 0.05) is 16.3 Å². The Kier molecular flexibility index (Phi) is 5.82. The Morgan fingerprint density at radius 2 is 1.38 bits per heavy atom. The topological polar surface area (TPSA) is 42.2 Å². The molecule has 29 heavy (non-hydrogen) atoms. The van der Waals surface area contributed by atoms with E-state index in [4.69, 9.17) is 27.6 Å². The Hall–Kier alpha value is -2.45. The molecule has 146 valence electrons. The number of halogens is 2. The van der Waals surface area contributed by atoms with Crippen LogP contribution in [0.4, 0.5) is 5.69 Å². The molecule has 1 aromatic heterocycles. The largest absolute Gasteiger partial charge is 0.467 e. The number of anilines is 1. The molecule has 0 fully saturated rings. The lowest BCUT2D eigenvalue weighted by Crippen LogP contribution is -2.25. The van der Waals surface area contributed by atoms with Crippen molar-refractivity contribution in [1.82, 2.24) is 0 Å². The highest BCUT2D eigenvalue weighted by atomic mass is 35.5. The quantitative estimate of drug-likeness (QED) is 0.338. The summed E-state index contributed by atoms with van der Waals surface area (Å²) in [5.41, 5.74) is 0.702. The number of hydrogen-bond donors (Lipinski definition) is 1. The zero-order valence-corrected chi connectivity index (χ0v) is 17.7. The molecule has 0 aliphatic rings. The molecule has 3 nitrogen and oxygen atoms in total. The van der Waals surface area contributed by atoms with E-state index in [1.165, 1.54) is 0 Å². The van der Waals surface area contributed by atoms with Crippen LogP contribution in [0.1, 0.15) is 11.5 Å². The van der Waals surface area contributed by atoms with Gasteiger partial charge < -0.3 is 14.3 Å². The summed E-state index contributed by atoms with van der Waals surface area (Å²) in [6.07, 6.45) is 1.58. The molecule has 0 radical (unpaired) electrons. The van der Waals surface area contributed by atoms with Crippen molar-refractivity contribution in [3.63, 3.8) is 0 Å². The average molecular weight is 442 g/mol. The summed E-state index contributed by atoms with van der Waals surface area (Å²) in [5, 5.41) is 5.74. The van der Waals surface area contributed by atoms with Crippen LogP contribution in [0.15, 0.2) is 102 Å². The first-order chi connectivity index (χ1) is 14.1. The van der Waals surface area contributed by atoms with E-state index in [1.807, 2.05) is 72.8 Å². The lowest BCUT2D eigenvalue weighted by atomic mass is 10.3. The fourth-order valence-electron chi connectivity index (χ4n) is 3.28. The Bertz CT molecular complexity index is 1090. The average Bonchev–Trinajstić information content (AvgIpc) is 3.30. The molecule has 1 atom stereocenters. The molecule has 0 unspecified atom stereocenters. The third kappa shape index (κ3) is 4.00. The van der Waals surface area contributed by atoms with Crippen LogP contribution in [0, 0.1) is 0 Å². The van der Waals surface area contributed by atoms with E-state index in [9.17, 15) is 4.57 Å². The minimum Gasteiger partial charge on any atom is -0.467 e. The Morgan fingerprint density at radius 3 is 1.90 bits per heavy atom. The fourth-order valence-corrected chi connectivity index (χ4v) is 6.54. The van der Waals surface area contributed by atoms with E-state index >= 15 is 0 Å². The highest BCUT2D eigenvalue weighted by Gasteiger charge is 2.39. The van der Waals surface area contributed by atoms with E-state index in [2.05, 4.69) is 5.32 Å². The van der Waals surface area contributed by atoms with Gasteiger partial charge in [0.25, 0.3) is 0 Å². The van der Waals surface area contributed by atoms with Crippen LogP contribution in [-0.2, 0) is 4.57 Å². The van der Waals surface area contributed by atoms with E-state index in [1.54, 1.807) is 24.5 Å². The minimum atomic E-state index is -3.20. The highest BCUT2D eigenvalue weighted by molar-refractivity contribution is 7.79. The number of rotatable bonds is 6. The van der Waals surface area contributed by atoms with Gasteiger partial charge in [0.15, 0.2) is 7.14 Å². The molecule has 0 bridgehead atoms. The van der Waals surface area contributed by atoms with Crippen molar-refractivity contribution in [2.75, 3.05) is 5.32 Å². The second-order valence-electron chi connectivity index (χ2n) is 6.52. The number of furan rings is 1. The summed E-state index contributed by atoms with van der Waals surface area (Å²) in [6.45, 7) is 0. The van der Waals surface area contributed by atoms with Crippen molar-refractivity contribution >= 4 is 46.6 Å². The standard InChI is InChI=1S/C23H18Cl2NO2P/c24-20-14-13-17(16-21(20)25)26-23(22-12-7-15-28-22)29(27,18-8-3-1-4-9-18)19-10-5-2-6-11-19/h1-16,23,26H/t23-/m1/s1. The van der Waals surface area contributed by atoms with Gasteiger partial charge in [-0.25, -0.2) is 0 Å². The molecular formula is C23H18Cl2NO2P. The van der Waals surface area contributed by atoms with E-state index in [0.717, 1.165) is 10.6 Å². The minimum absolute atomic E-state index is 0.420. The zero-order valence-electron chi connectivity index (χ0n) is 15.3. The third-order valence-corrected chi connectivity index (χ3v) is 8.66. The molecule has 6 heteroatoms. The van der Waals surface area contributed by atoms with Crippen LogP contribution < -0.4 is 15.9 Å². The first kappa shape index (κ1) is 19.8. The third-order valence-electron chi connectivity index (χ3n) is 4.68. The summed E-state index contributed by atoms with van der Waals surface area (Å²) in [4.78, 5) is 0. The van der Waals surface area contributed by atoms with Crippen molar-refractivity contribution in [3.8, 4) is 0 Å². The van der Waals surface area contributed by atoms with E-state index in [0.29, 0.717) is 21.5 Å². The molecule has 4 rings (SSSR count). The highest BCUT2D eigenvalue weighted by Crippen LogP contribution is 2.57. The van der Waals surface area contributed by atoms with E-state index in [-0.39, 0.29) is 0 Å². The first-order valence-electron chi connectivity index (χ1n) is 9.05. The molecule has 0 amide bonds. The van der Waals surface area contributed by atoms with Crippen LogP contribution in [0.2, 0.25) is 10.0 Å². The van der Waals surface area contributed by atoms with Gasteiger partial charge in [-0.15, -0.1) is 0 Å². The molecule has 0 saturated carbocycles. The second kappa shape index (κ2) is 8.51. The zero-order chi connectivity index (χ0) is 20.3. The maximum Gasteiger partial charge on any atom is 0.171 e. The number of hydrogen-bond acceptors (Lipinski definition) is 3. The number of benzene rings is 3. The van der Waals surface area contributed by atoms with Crippen molar-refractivity contribution in [2.24, 2.45) is 0 Å². The van der Waals surface area contributed by atoms with Crippen LogP contribution in [0.5, 0.6) is 0 Å². The van der Waals surface area contributed by atoms with Gasteiger partial charge in [0.2, 0.25) is 0 Å². The molecule has 3 aromatic carbocycles. The molecular weight excluding hydrogens is 424 g/mol. The summed E-state index contributed by atoms with van der Waals surface area (Å²) >= 11 is 12.3. The van der Waals surface area contributed by atoms with Crippen LogP contribution in [0.25, 0.3) is 0 Å². The van der Waals surface area contributed by atoms with Crippen molar-refractivity contribution < 1.29 is 8.98 Å². The molecule has 0 saturated heterocycles. The SMILES string of the molecule is O=P(c1ccccc1)(c1ccccc1)[C@@H](Nc1ccc(Cl)c(Cl)c1)c1ccco1. The predicted octanol–water partition coefficient (Wildman–Crippen LogP) is 6.71. The van der Waals surface area contributed by atoms with Gasteiger partial charge in [-0.05, 0) is 30.3 Å². The van der Waals surface area contributed by atoms with Crippen LogP contribution in [0.3, 0.4) is 0 Å². The molecule has 1 heterocycles. The Morgan fingerprint density at radius 1 is 0.759 bits per heavy atom. The maximum atomic E-state index is 14.8. The van der Waals surface area contributed by atoms with Crippen LogP contribution >= 0.6 is 30.3 Å². The van der Waals surface area contributed by atoms with Crippen molar-refractivity contribution in [2.45, 2.75) is 5.78 Å². The summed E-state index contributed by atoms with van der Waals surface area (Å²) in [7, 11) is -3.20. The monoisotopic (exact) mass is 441 g/mol. The smallest absolute Gasteiger partial charge is 0.171 e. The molecule has 0 aliphatic carbocycles. The summed E-state index contributed by atoms with van der Waals surface area (Å²) < 4.78 is 20.5. The van der Waals surface area contributed by atoms with Gasteiger partial charge in [0.1, 0.15) is 11.5 Å². The molecule has 0 spiro atoms. The molecule has 1 N–H and O–H groups in total. The second-order valence-corrected chi connectivity index (χ2v) is 10.2. The van der Waals surface area contributed by atoms with Gasteiger partial charge in [-0.1, -0.05) is 83.9 Å². The predicted molar refractivity (Wildman–Crippen MR) is 121 cm³/mol. The van der Waals surface area contributed by atoms with Gasteiger partial charge in [-0.3, -0.25) is 0 Å². The van der Waals surface area contributed by atoms with Crippen LogP contribution in [-0.4, -0.2) is 0 Å². The lowest BCUT2D eigenvalue weighted by Gasteiger charge is -2.29.